The van der Waals surface area contributed by atoms with Crippen LogP contribution in [0.1, 0.15) is 42.6 Å². The third-order valence-electron chi connectivity index (χ3n) is 2.94. The summed E-state index contributed by atoms with van der Waals surface area (Å²) in [6.45, 7) is 5.08. The van der Waals surface area contributed by atoms with Crippen molar-refractivity contribution in [2.75, 3.05) is 13.7 Å². The summed E-state index contributed by atoms with van der Waals surface area (Å²) in [6, 6.07) is -0.0754. The Bertz CT molecular complexity index is 545. The van der Waals surface area contributed by atoms with Crippen molar-refractivity contribution >= 4 is 11.5 Å². The van der Waals surface area contributed by atoms with E-state index >= 15 is 0 Å². The van der Waals surface area contributed by atoms with Crippen molar-refractivity contribution in [1.82, 2.24) is 24.9 Å². The van der Waals surface area contributed by atoms with Crippen molar-refractivity contribution in [2.45, 2.75) is 32.7 Å². The average molecular weight is 293 g/mol. The number of nitrogens with zero attached hydrogens (tertiary/aromatic N) is 4. The molecule has 0 bridgehead atoms. The maximum absolute atomic E-state index is 5.33. The summed E-state index contributed by atoms with van der Waals surface area (Å²) in [5.41, 5.74) is 1.78. The molecule has 0 aliphatic carbocycles. The summed E-state index contributed by atoms with van der Waals surface area (Å²) < 4.78 is 9.39. The summed E-state index contributed by atoms with van der Waals surface area (Å²) in [4.78, 5) is 9.75. The third-order valence-corrected chi connectivity index (χ3v) is 3.77. The zero-order valence-corrected chi connectivity index (χ0v) is 12.8. The lowest BCUT2D eigenvalue weighted by atomic mass is 10.1. The number of ether oxygens (including phenoxy) is 1. The van der Waals surface area contributed by atoms with Gasteiger partial charge in [0, 0.05) is 12.4 Å². The minimum Gasteiger partial charge on any atom is -0.480 e. The Hall–Kier alpha value is -1.60. The number of hydrogen-bond donors (Lipinski definition) is 1. The first-order chi connectivity index (χ1) is 9.81. The summed E-state index contributed by atoms with van der Waals surface area (Å²) >= 11 is 1.40. The standard InChI is InChI=1S/C13H19N5OS/c1-4-6-14-10(12-9(5-2)17-18-20-12)11-13(19-3)16-8-7-15-11/h7-8,10,14H,4-6H2,1-3H3. The van der Waals surface area contributed by atoms with Crippen LogP contribution in [0.25, 0.3) is 0 Å². The number of rotatable bonds is 7. The molecule has 2 heterocycles. The molecule has 0 saturated heterocycles. The predicted octanol–water partition coefficient (Wildman–Crippen LogP) is 1.99. The maximum Gasteiger partial charge on any atom is 0.237 e. The van der Waals surface area contributed by atoms with E-state index in [1.807, 2.05) is 0 Å². The molecule has 0 saturated carbocycles. The fourth-order valence-corrected chi connectivity index (χ4v) is 2.79. The zero-order valence-electron chi connectivity index (χ0n) is 12.0. The van der Waals surface area contributed by atoms with Crippen LogP contribution in [-0.2, 0) is 6.42 Å². The molecule has 1 atom stereocenters. The second-order valence-corrected chi connectivity index (χ2v) is 5.06. The first kappa shape index (κ1) is 14.8. The van der Waals surface area contributed by atoms with Gasteiger partial charge in [0.05, 0.1) is 23.7 Å². The molecule has 0 amide bonds. The number of aromatic nitrogens is 4. The van der Waals surface area contributed by atoms with Crippen molar-refractivity contribution < 1.29 is 4.74 Å². The number of hydrogen-bond acceptors (Lipinski definition) is 7. The van der Waals surface area contributed by atoms with E-state index in [9.17, 15) is 0 Å². The van der Waals surface area contributed by atoms with E-state index in [0.29, 0.717) is 5.88 Å². The van der Waals surface area contributed by atoms with Crippen molar-refractivity contribution in [3.05, 3.63) is 28.7 Å². The first-order valence-corrected chi connectivity index (χ1v) is 7.48. The minimum absolute atomic E-state index is 0.0754. The van der Waals surface area contributed by atoms with E-state index < -0.39 is 0 Å². The van der Waals surface area contributed by atoms with Crippen LogP contribution in [0.2, 0.25) is 0 Å². The molecule has 0 spiro atoms. The lowest BCUT2D eigenvalue weighted by Crippen LogP contribution is -2.25. The average Bonchev–Trinajstić information content (AvgIpc) is 2.96. The minimum atomic E-state index is -0.0754. The molecular weight excluding hydrogens is 274 g/mol. The SMILES string of the molecule is CCCNC(c1nccnc1OC)c1snnc1CC. The summed E-state index contributed by atoms with van der Waals surface area (Å²) in [5, 5.41) is 7.67. The van der Waals surface area contributed by atoms with E-state index in [-0.39, 0.29) is 6.04 Å². The molecule has 2 aromatic rings. The summed E-state index contributed by atoms with van der Waals surface area (Å²) in [6.07, 6.45) is 5.19. The molecule has 6 nitrogen and oxygen atoms in total. The Kier molecular flexibility index (Phi) is 5.37. The van der Waals surface area contributed by atoms with Gasteiger partial charge in [0.25, 0.3) is 0 Å². The van der Waals surface area contributed by atoms with Crippen molar-refractivity contribution in [3.63, 3.8) is 0 Å². The first-order valence-electron chi connectivity index (χ1n) is 6.71. The Labute approximate surface area is 122 Å². The molecule has 0 aliphatic heterocycles. The van der Waals surface area contributed by atoms with E-state index in [0.717, 1.165) is 35.7 Å². The van der Waals surface area contributed by atoms with Crippen LogP contribution < -0.4 is 10.1 Å². The molecule has 0 fully saturated rings. The summed E-state index contributed by atoms with van der Waals surface area (Å²) in [7, 11) is 1.61. The molecule has 1 unspecified atom stereocenters. The summed E-state index contributed by atoms with van der Waals surface area (Å²) in [5.74, 6) is 0.538. The fraction of sp³-hybridized carbons (Fsp3) is 0.538. The quantitative estimate of drug-likeness (QED) is 0.841. The van der Waals surface area contributed by atoms with Gasteiger partial charge in [-0.05, 0) is 30.9 Å². The molecule has 108 valence electrons. The fourth-order valence-electron chi connectivity index (χ4n) is 1.97. The van der Waals surface area contributed by atoms with Gasteiger partial charge in [-0.25, -0.2) is 4.98 Å². The van der Waals surface area contributed by atoms with Gasteiger partial charge in [0.2, 0.25) is 5.88 Å². The van der Waals surface area contributed by atoms with Gasteiger partial charge in [-0.2, -0.15) is 0 Å². The normalized spacial score (nSPS) is 12.3. The van der Waals surface area contributed by atoms with Gasteiger partial charge >= 0.3 is 0 Å². The van der Waals surface area contributed by atoms with Crippen LogP contribution in [0.5, 0.6) is 5.88 Å². The third kappa shape index (κ3) is 3.10. The maximum atomic E-state index is 5.33. The second kappa shape index (κ2) is 7.25. The van der Waals surface area contributed by atoms with Gasteiger partial charge < -0.3 is 10.1 Å². The second-order valence-electron chi connectivity index (χ2n) is 4.28. The van der Waals surface area contributed by atoms with E-state index in [1.54, 1.807) is 19.5 Å². The molecule has 7 heteroatoms. The van der Waals surface area contributed by atoms with Crippen molar-refractivity contribution in [2.24, 2.45) is 0 Å². The molecule has 0 radical (unpaired) electrons. The Morgan fingerprint density at radius 1 is 1.30 bits per heavy atom. The number of aryl methyl sites for hydroxylation is 1. The molecule has 2 rings (SSSR count). The van der Waals surface area contributed by atoms with Gasteiger partial charge in [-0.1, -0.05) is 18.3 Å². The van der Waals surface area contributed by atoms with Crippen molar-refractivity contribution in [1.29, 1.82) is 0 Å². The smallest absolute Gasteiger partial charge is 0.237 e. The predicted molar refractivity (Wildman–Crippen MR) is 78.0 cm³/mol. The molecular formula is C13H19N5OS. The van der Waals surface area contributed by atoms with Crippen LogP contribution in [0.15, 0.2) is 12.4 Å². The molecule has 0 aromatic carbocycles. The highest BCUT2D eigenvalue weighted by molar-refractivity contribution is 7.05. The highest BCUT2D eigenvalue weighted by atomic mass is 32.1. The van der Waals surface area contributed by atoms with Gasteiger partial charge in [0.15, 0.2) is 0 Å². The molecule has 2 aromatic heterocycles. The molecule has 0 aliphatic rings. The lowest BCUT2D eigenvalue weighted by Gasteiger charge is -2.18. The largest absolute Gasteiger partial charge is 0.480 e. The van der Waals surface area contributed by atoms with Gasteiger partial charge in [-0.15, -0.1) is 5.10 Å². The van der Waals surface area contributed by atoms with E-state index in [2.05, 4.69) is 38.7 Å². The molecule has 20 heavy (non-hydrogen) atoms. The van der Waals surface area contributed by atoms with Crippen LogP contribution in [0, 0.1) is 0 Å². The monoisotopic (exact) mass is 293 g/mol. The topological polar surface area (TPSA) is 72.8 Å². The lowest BCUT2D eigenvalue weighted by molar-refractivity contribution is 0.382. The Balaban J connectivity index is 2.41. The number of methoxy groups -OCH3 is 1. The Morgan fingerprint density at radius 3 is 2.80 bits per heavy atom. The highest BCUT2D eigenvalue weighted by Gasteiger charge is 2.24. The zero-order chi connectivity index (χ0) is 14.4. The highest BCUT2D eigenvalue weighted by Crippen LogP contribution is 2.30. The van der Waals surface area contributed by atoms with Crippen LogP contribution >= 0.6 is 11.5 Å². The van der Waals surface area contributed by atoms with Gasteiger partial charge in [-0.3, -0.25) is 4.98 Å². The van der Waals surface area contributed by atoms with Crippen LogP contribution in [-0.4, -0.2) is 33.2 Å². The Morgan fingerprint density at radius 2 is 2.10 bits per heavy atom. The van der Waals surface area contributed by atoms with Crippen molar-refractivity contribution in [3.8, 4) is 5.88 Å². The molecule has 1 N–H and O–H groups in total. The number of nitrogens with one attached hydrogen (secondary N) is 1. The van der Waals surface area contributed by atoms with Crippen LogP contribution in [0.4, 0.5) is 0 Å². The van der Waals surface area contributed by atoms with Crippen LogP contribution in [0.3, 0.4) is 0 Å². The van der Waals surface area contributed by atoms with Gasteiger partial charge in [0.1, 0.15) is 5.69 Å². The van der Waals surface area contributed by atoms with E-state index in [1.165, 1.54) is 11.5 Å². The van der Waals surface area contributed by atoms with E-state index in [4.69, 9.17) is 4.74 Å².